The quantitative estimate of drug-likeness (QED) is 0.293. The number of carbonyl (C=O) groups is 1. The Morgan fingerprint density at radius 2 is 2.05 bits per heavy atom. The zero-order valence-electron chi connectivity index (χ0n) is 10.2. The van der Waals surface area contributed by atoms with Crippen molar-refractivity contribution in [2.24, 2.45) is 11.0 Å². The summed E-state index contributed by atoms with van der Waals surface area (Å²) in [6, 6.07) is 3.61. The number of carbonyl (C=O) groups excluding carboxylic acids is 1. The van der Waals surface area contributed by atoms with Gasteiger partial charge in [-0.05, 0) is 12.1 Å². The fraction of sp³-hybridized carbons (Fsp3) is 0.222. The third-order valence-corrected chi connectivity index (χ3v) is 3.06. The van der Waals surface area contributed by atoms with E-state index >= 15 is 0 Å². The molecule has 0 fully saturated rings. The van der Waals surface area contributed by atoms with Crippen molar-refractivity contribution in [3.05, 3.63) is 33.9 Å². The highest BCUT2D eigenvalue weighted by molar-refractivity contribution is 7.89. The summed E-state index contributed by atoms with van der Waals surface area (Å²) in [7, 11) is -3.68. The molecule has 0 saturated carbocycles. The van der Waals surface area contributed by atoms with E-state index in [1.165, 1.54) is 12.1 Å². The second-order valence-corrected chi connectivity index (χ2v) is 5.49. The number of primary sulfonamides is 1. The van der Waals surface area contributed by atoms with E-state index in [0.29, 0.717) is 0 Å². The molecule has 1 aromatic carbocycles. The van der Waals surface area contributed by atoms with Gasteiger partial charge in [0.15, 0.2) is 0 Å². The van der Waals surface area contributed by atoms with E-state index in [2.05, 4.69) is 10.7 Å². The molecule has 110 valence electrons. The van der Waals surface area contributed by atoms with Gasteiger partial charge in [-0.1, -0.05) is 0 Å². The molecule has 1 aromatic rings. The third-order valence-electron chi connectivity index (χ3n) is 2.28. The number of nitrogens with zero attached hydrogens (tertiary/aromatic N) is 1. The molecule has 0 saturated heterocycles. The molecule has 6 N–H and O–H groups in total. The number of hydrogen-bond acceptors (Lipinski definition) is 7. The van der Waals surface area contributed by atoms with Crippen LogP contribution in [0.3, 0.4) is 0 Å². The van der Waals surface area contributed by atoms with Crippen molar-refractivity contribution in [3.8, 4) is 0 Å². The van der Waals surface area contributed by atoms with Crippen LogP contribution >= 0.6 is 0 Å². The largest absolute Gasteiger partial charge is 0.351 e. The fourth-order valence-corrected chi connectivity index (χ4v) is 1.74. The predicted molar refractivity (Wildman–Crippen MR) is 71.2 cm³/mol. The lowest BCUT2D eigenvalue weighted by Crippen LogP contribution is -2.31. The standard InChI is InChI=1S/C9H13N5O5S/c10-13-7-2-1-6(5-8(7)14(16)17)9(15)12-3-4-20(11,18)19/h1-2,5,13H,3-4,10H2,(H,12,15)(H2,11,18,19). The summed E-state index contributed by atoms with van der Waals surface area (Å²) in [4.78, 5) is 21.8. The number of nitrogens with one attached hydrogen (secondary N) is 2. The average Bonchev–Trinajstić information content (AvgIpc) is 2.36. The molecule has 0 aliphatic heterocycles. The van der Waals surface area contributed by atoms with Crippen LogP contribution < -0.4 is 21.7 Å². The van der Waals surface area contributed by atoms with Crippen molar-refractivity contribution in [2.45, 2.75) is 0 Å². The molecule has 0 bridgehead atoms. The third kappa shape index (κ3) is 4.46. The normalized spacial score (nSPS) is 10.9. The molecule has 0 spiro atoms. The van der Waals surface area contributed by atoms with Crippen LogP contribution in [-0.2, 0) is 10.0 Å². The lowest BCUT2D eigenvalue weighted by Gasteiger charge is -2.06. The number of sulfonamides is 1. The summed E-state index contributed by atoms with van der Waals surface area (Å²) in [5.74, 6) is 4.03. The van der Waals surface area contributed by atoms with Gasteiger partial charge in [-0.15, -0.1) is 0 Å². The van der Waals surface area contributed by atoms with E-state index in [-0.39, 0.29) is 23.5 Å². The van der Waals surface area contributed by atoms with E-state index in [9.17, 15) is 23.3 Å². The number of rotatable bonds is 6. The Balaban J connectivity index is 2.84. The zero-order valence-corrected chi connectivity index (χ0v) is 11.0. The molecule has 1 amide bonds. The molecule has 11 heteroatoms. The van der Waals surface area contributed by atoms with Crippen LogP contribution in [-0.4, -0.2) is 31.5 Å². The highest BCUT2D eigenvalue weighted by Crippen LogP contribution is 2.24. The molecule has 10 nitrogen and oxygen atoms in total. The van der Waals surface area contributed by atoms with Crippen LogP contribution in [0.4, 0.5) is 11.4 Å². The Morgan fingerprint density at radius 3 is 2.55 bits per heavy atom. The molecule has 1 rings (SSSR count). The van der Waals surface area contributed by atoms with Gasteiger partial charge in [0, 0.05) is 18.2 Å². The highest BCUT2D eigenvalue weighted by atomic mass is 32.2. The van der Waals surface area contributed by atoms with Gasteiger partial charge in [0.2, 0.25) is 10.0 Å². The molecule has 0 aliphatic rings. The Morgan fingerprint density at radius 1 is 1.40 bits per heavy atom. The van der Waals surface area contributed by atoms with Crippen molar-refractivity contribution in [2.75, 3.05) is 17.7 Å². The van der Waals surface area contributed by atoms with Crippen molar-refractivity contribution in [1.29, 1.82) is 0 Å². The Bertz CT molecular complexity index is 630. The summed E-state index contributed by atoms with van der Waals surface area (Å²) in [5.41, 5.74) is 1.82. The van der Waals surface area contributed by atoms with Gasteiger partial charge in [-0.25, -0.2) is 13.6 Å². The maximum Gasteiger partial charge on any atom is 0.294 e. The molecule has 20 heavy (non-hydrogen) atoms. The van der Waals surface area contributed by atoms with E-state index in [4.69, 9.17) is 11.0 Å². The first kappa shape index (κ1) is 15.8. The van der Waals surface area contributed by atoms with Crippen LogP contribution in [0.5, 0.6) is 0 Å². The molecule has 0 radical (unpaired) electrons. The predicted octanol–water partition coefficient (Wildman–Crippen LogP) is -1.10. The molecular weight excluding hydrogens is 290 g/mol. The number of nitrogen functional groups attached to an aromatic ring is 1. The molecule has 0 unspecified atom stereocenters. The Labute approximate surface area is 114 Å². The molecule has 0 aliphatic carbocycles. The van der Waals surface area contributed by atoms with Crippen LogP contribution in [0, 0.1) is 10.1 Å². The number of amides is 1. The minimum Gasteiger partial charge on any atom is -0.351 e. The first-order valence-corrected chi connectivity index (χ1v) is 7.00. The summed E-state index contributed by atoms with van der Waals surface area (Å²) >= 11 is 0. The SMILES string of the molecule is NNc1ccc(C(=O)NCCS(N)(=O)=O)cc1[N+](=O)[O-]. The summed E-state index contributed by atoms with van der Waals surface area (Å²) in [6.07, 6.45) is 0. The van der Waals surface area contributed by atoms with Crippen LogP contribution in [0.2, 0.25) is 0 Å². The molecular formula is C9H13N5O5S. The lowest BCUT2D eigenvalue weighted by atomic mass is 10.1. The average molecular weight is 303 g/mol. The smallest absolute Gasteiger partial charge is 0.294 e. The van der Waals surface area contributed by atoms with E-state index in [1.54, 1.807) is 0 Å². The number of hydrogen-bond donors (Lipinski definition) is 4. The van der Waals surface area contributed by atoms with Gasteiger partial charge in [0.25, 0.3) is 11.6 Å². The van der Waals surface area contributed by atoms with Crippen LogP contribution in [0.25, 0.3) is 0 Å². The number of nitro benzene ring substituents is 1. The molecule has 0 heterocycles. The second kappa shape index (κ2) is 6.27. The van der Waals surface area contributed by atoms with E-state index in [1.807, 2.05) is 0 Å². The maximum atomic E-state index is 11.7. The monoisotopic (exact) mass is 303 g/mol. The van der Waals surface area contributed by atoms with Gasteiger partial charge in [0.05, 0.1) is 10.7 Å². The van der Waals surface area contributed by atoms with Crippen molar-refractivity contribution >= 4 is 27.3 Å². The Hall–Kier alpha value is -2.24. The summed E-state index contributed by atoms with van der Waals surface area (Å²) < 4.78 is 21.4. The van der Waals surface area contributed by atoms with Crippen LogP contribution in [0.1, 0.15) is 10.4 Å². The van der Waals surface area contributed by atoms with Crippen molar-refractivity contribution in [1.82, 2.24) is 5.32 Å². The van der Waals surface area contributed by atoms with E-state index in [0.717, 1.165) is 6.07 Å². The maximum absolute atomic E-state index is 11.7. The first-order chi connectivity index (χ1) is 9.24. The Kier molecular flexibility index (Phi) is 4.96. The number of anilines is 1. The number of benzene rings is 1. The lowest BCUT2D eigenvalue weighted by molar-refractivity contribution is -0.384. The summed E-state index contributed by atoms with van der Waals surface area (Å²) in [6.45, 7) is -0.192. The topological polar surface area (TPSA) is 170 Å². The zero-order chi connectivity index (χ0) is 15.3. The first-order valence-electron chi connectivity index (χ1n) is 5.28. The van der Waals surface area contributed by atoms with Gasteiger partial charge in [-0.2, -0.15) is 0 Å². The van der Waals surface area contributed by atoms with Crippen molar-refractivity contribution < 1.29 is 18.1 Å². The van der Waals surface area contributed by atoms with Crippen molar-refractivity contribution in [3.63, 3.8) is 0 Å². The number of nitrogens with two attached hydrogens (primary N) is 2. The second-order valence-electron chi connectivity index (χ2n) is 3.76. The van der Waals surface area contributed by atoms with Gasteiger partial charge < -0.3 is 10.7 Å². The van der Waals surface area contributed by atoms with Gasteiger partial charge in [-0.3, -0.25) is 20.8 Å². The number of nitro groups is 1. The summed E-state index contributed by atoms with van der Waals surface area (Å²) in [5, 5.41) is 17.8. The fourth-order valence-electron chi connectivity index (χ4n) is 1.35. The van der Waals surface area contributed by atoms with Gasteiger partial charge in [0.1, 0.15) is 5.69 Å². The van der Waals surface area contributed by atoms with E-state index < -0.39 is 26.6 Å². The van der Waals surface area contributed by atoms with Crippen LogP contribution in [0.15, 0.2) is 18.2 Å². The number of hydrazine groups is 1. The highest BCUT2D eigenvalue weighted by Gasteiger charge is 2.17. The molecule has 0 atom stereocenters. The minimum atomic E-state index is -3.68. The minimum absolute atomic E-state index is 0.00474. The van der Waals surface area contributed by atoms with Gasteiger partial charge >= 0.3 is 0 Å². The molecule has 0 aromatic heterocycles.